The third-order valence-corrected chi connectivity index (χ3v) is 5.35. The molecule has 1 saturated heterocycles. The molecule has 1 aliphatic heterocycles. The van der Waals surface area contributed by atoms with Gasteiger partial charge in [-0.05, 0) is 29.8 Å². The molecular formula is C19H16FN3O2S. The molecule has 0 aliphatic carbocycles. The first-order chi connectivity index (χ1) is 12.6. The molecule has 0 radical (unpaired) electrons. The summed E-state index contributed by atoms with van der Waals surface area (Å²) in [6.45, 7) is 0.733. The minimum atomic E-state index is -0.407. The summed E-state index contributed by atoms with van der Waals surface area (Å²) in [4.78, 5) is 30.7. The van der Waals surface area contributed by atoms with Gasteiger partial charge >= 0.3 is 0 Å². The van der Waals surface area contributed by atoms with Crippen molar-refractivity contribution in [1.82, 2.24) is 9.88 Å². The molecule has 2 amide bonds. The number of fused-ring (bicyclic) bond motifs is 1. The lowest BCUT2D eigenvalue weighted by atomic mass is 10.1. The van der Waals surface area contributed by atoms with Gasteiger partial charge in [-0.2, -0.15) is 0 Å². The Morgan fingerprint density at radius 3 is 2.77 bits per heavy atom. The molecule has 2 heterocycles. The number of para-hydroxylation sites is 1. The van der Waals surface area contributed by atoms with Crippen LogP contribution in [0.25, 0.3) is 10.2 Å². The number of nitrogens with one attached hydrogen (secondary N) is 1. The highest BCUT2D eigenvalue weighted by Gasteiger charge is 2.34. The number of carbonyl (C=O) groups is 2. The average Bonchev–Trinajstić information content (AvgIpc) is 3.20. The molecule has 1 aromatic heterocycles. The van der Waals surface area contributed by atoms with Crippen LogP contribution in [0, 0.1) is 11.7 Å². The van der Waals surface area contributed by atoms with Crippen molar-refractivity contribution in [3.63, 3.8) is 0 Å². The largest absolute Gasteiger partial charge is 0.338 e. The van der Waals surface area contributed by atoms with Gasteiger partial charge < -0.3 is 10.2 Å². The standard InChI is InChI=1S/C19H16FN3O2S/c20-14-7-5-12(6-8-14)10-23-11-13(9-17(23)24)18(25)22-19-21-15-3-1-2-4-16(15)26-19/h1-8,13H,9-11H2,(H,21,22,25). The van der Waals surface area contributed by atoms with Crippen LogP contribution in [0.2, 0.25) is 0 Å². The molecule has 1 N–H and O–H groups in total. The summed E-state index contributed by atoms with van der Waals surface area (Å²) in [6.07, 6.45) is 0.178. The highest BCUT2D eigenvalue weighted by atomic mass is 32.1. The Hall–Kier alpha value is -2.80. The van der Waals surface area contributed by atoms with Gasteiger partial charge in [-0.25, -0.2) is 9.37 Å². The molecule has 1 fully saturated rings. The number of likely N-dealkylation sites (tertiary alicyclic amines) is 1. The molecular weight excluding hydrogens is 353 g/mol. The van der Waals surface area contributed by atoms with E-state index in [2.05, 4.69) is 10.3 Å². The van der Waals surface area contributed by atoms with Crippen LogP contribution in [0.4, 0.5) is 9.52 Å². The number of hydrogen-bond acceptors (Lipinski definition) is 4. The molecule has 2 aromatic carbocycles. The van der Waals surface area contributed by atoms with Crippen LogP contribution in [0.1, 0.15) is 12.0 Å². The molecule has 26 heavy (non-hydrogen) atoms. The number of anilines is 1. The van der Waals surface area contributed by atoms with Gasteiger partial charge in [0.1, 0.15) is 5.82 Å². The van der Waals surface area contributed by atoms with E-state index in [1.54, 1.807) is 17.0 Å². The third kappa shape index (κ3) is 3.43. The summed E-state index contributed by atoms with van der Waals surface area (Å²) in [5.41, 5.74) is 1.68. The maximum atomic E-state index is 13.0. The molecule has 7 heteroatoms. The van der Waals surface area contributed by atoms with Crippen molar-refractivity contribution in [3.8, 4) is 0 Å². The molecule has 5 nitrogen and oxygen atoms in total. The fourth-order valence-corrected chi connectivity index (χ4v) is 3.91. The maximum absolute atomic E-state index is 13.0. The number of hydrogen-bond donors (Lipinski definition) is 1. The van der Waals surface area contributed by atoms with E-state index >= 15 is 0 Å². The SMILES string of the molecule is O=C(Nc1nc2ccccc2s1)C1CC(=O)N(Cc2ccc(F)cc2)C1. The summed E-state index contributed by atoms with van der Waals surface area (Å²) >= 11 is 1.41. The second-order valence-corrected chi connectivity index (χ2v) is 7.31. The topological polar surface area (TPSA) is 62.3 Å². The molecule has 1 atom stereocenters. The Labute approximate surface area is 153 Å². The van der Waals surface area contributed by atoms with E-state index in [0.29, 0.717) is 18.2 Å². The molecule has 0 saturated carbocycles. The van der Waals surface area contributed by atoms with Crippen molar-refractivity contribution < 1.29 is 14.0 Å². The zero-order valence-electron chi connectivity index (χ0n) is 13.8. The maximum Gasteiger partial charge on any atom is 0.231 e. The van der Waals surface area contributed by atoms with Gasteiger partial charge in [0.25, 0.3) is 0 Å². The second kappa shape index (κ2) is 6.84. The van der Waals surface area contributed by atoms with Crippen LogP contribution >= 0.6 is 11.3 Å². The first-order valence-corrected chi connectivity index (χ1v) is 9.09. The molecule has 0 spiro atoms. The van der Waals surface area contributed by atoms with Crippen LogP contribution in [-0.4, -0.2) is 28.2 Å². The van der Waals surface area contributed by atoms with Crippen molar-refractivity contribution in [1.29, 1.82) is 0 Å². The van der Waals surface area contributed by atoms with Crippen molar-refractivity contribution >= 4 is 38.5 Å². The lowest BCUT2D eigenvalue weighted by molar-refractivity contribution is -0.128. The molecule has 0 bridgehead atoms. The summed E-state index contributed by atoms with van der Waals surface area (Å²) in [6, 6.07) is 13.7. The Bertz CT molecular complexity index is 937. The Balaban J connectivity index is 1.40. The van der Waals surface area contributed by atoms with Gasteiger partial charge in [0.15, 0.2) is 5.13 Å². The minimum Gasteiger partial charge on any atom is -0.338 e. The number of benzene rings is 2. The van der Waals surface area contributed by atoms with Crippen LogP contribution in [-0.2, 0) is 16.1 Å². The second-order valence-electron chi connectivity index (χ2n) is 6.28. The van der Waals surface area contributed by atoms with E-state index in [1.807, 2.05) is 24.3 Å². The van der Waals surface area contributed by atoms with Crippen LogP contribution in [0.15, 0.2) is 48.5 Å². The van der Waals surface area contributed by atoms with Gasteiger partial charge in [0.2, 0.25) is 11.8 Å². The Morgan fingerprint density at radius 1 is 1.23 bits per heavy atom. The van der Waals surface area contributed by atoms with Crippen LogP contribution in [0.3, 0.4) is 0 Å². The summed E-state index contributed by atoms with van der Waals surface area (Å²) in [7, 11) is 0. The number of aromatic nitrogens is 1. The summed E-state index contributed by atoms with van der Waals surface area (Å²) in [5, 5.41) is 3.37. The fourth-order valence-electron chi connectivity index (χ4n) is 3.04. The number of rotatable bonds is 4. The predicted octanol–water partition coefficient (Wildman–Crippen LogP) is 3.42. The molecule has 1 aliphatic rings. The average molecular weight is 369 g/mol. The van der Waals surface area contributed by atoms with Crippen molar-refractivity contribution in [2.45, 2.75) is 13.0 Å². The van der Waals surface area contributed by atoms with Gasteiger partial charge in [-0.15, -0.1) is 0 Å². The van der Waals surface area contributed by atoms with E-state index in [4.69, 9.17) is 0 Å². The Kier molecular flexibility index (Phi) is 4.38. The fraction of sp³-hybridized carbons (Fsp3) is 0.211. The van der Waals surface area contributed by atoms with Crippen molar-refractivity contribution in [3.05, 3.63) is 59.9 Å². The van der Waals surface area contributed by atoms with E-state index in [9.17, 15) is 14.0 Å². The van der Waals surface area contributed by atoms with Crippen LogP contribution < -0.4 is 5.32 Å². The quantitative estimate of drug-likeness (QED) is 0.766. The number of carbonyl (C=O) groups excluding carboxylic acids is 2. The monoisotopic (exact) mass is 369 g/mol. The van der Waals surface area contributed by atoms with Gasteiger partial charge in [-0.3, -0.25) is 9.59 Å². The highest BCUT2D eigenvalue weighted by Crippen LogP contribution is 2.27. The first kappa shape index (κ1) is 16.7. The third-order valence-electron chi connectivity index (χ3n) is 4.40. The number of nitrogens with zero attached hydrogens (tertiary/aromatic N) is 2. The van der Waals surface area contributed by atoms with E-state index in [-0.39, 0.29) is 24.1 Å². The normalized spacial score (nSPS) is 17.0. The molecule has 132 valence electrons. The Morgan fingerprint density at radius 2 is 2.00 bits per heavy atom. The first-order valence-electron chi connectivity index (χ1n) is 8.27. The zero-order valence-corrected chi connectivity index (χ0v) is 14.6. The summed E-state index contributed by atoms with van der Waals surface area (Å²) in [5.74, 6) is -0.984. The van der Waals surface area contributed by atoms with Crippen molar-refractivity contribution in [2.75, 3.05) is 11.9 Å². The van der Waals surface area contributed by atoms with Crippen molar-refractivity contribution in [2.24, 2.45) is 5.92 Å². The van der Waals surface area contributed by atoms with Gasteiger partial charge in [-0.1, -0.05) is 35.6 Å². The minimum absolute atomic E-state index is 0.0706. The highest BCUT2D eigenvalue weighted by molar-refractivity contribution is 7.22. The summed E-state index contributed by atoms with van der Waals surface area (Å²) < 4.78 is 14.0. The number of thiazole rings is 1. The van der Waals surface area contributed by atoms with Gasteiger partial charge in [0, 0.05) is 19.5 Å². The molecule has 1 unspecified atom stereocenters. The number of halogens is 1. The lowest BCUT2D eigenvalue weighted by Gasteiger charge is -2.16. The smallest absolute Gasteiger partial charge is 0.231 e. The molecule has 4 rings (SSSR count). The lowest BCUT2D eigenvalue weighted by Crippen LogP contribution is -2.28. The molecule has 3 aromatic rings. The van der Waals surface area contributed by atoms with E-state index < -0.39 is 5.92 Å². The van der Waals surface area contributed by atoms with E-state index in [0.717, 1.165) is 15.8 Å². The van der Waals surface area contributed by atoms with Gasteiger partial charge in [0.05, 0.1) is 16.1 Å². The van der Waals surface area contributed by atoms with Crippen LogP contribution in [0.5, 0.6) is 0 Å². The zero-order chi connectivity index (χ0) is 18.1. The predicted molar refractivity (Wildman–Crippen MR) is 98.2 cm³/mol. The number of amides is 2. The van der Waals surface area contributed by atoms with E-state index in [1.165, 1.54) is 23.5 Å².